The van der Waals surface area contributed by atoms with Gasteiger partial charge in [0.1, 0.15) is 11.6 Å². The molecule has 4 rings (SSSR count). The van der Waals surface area contributed by atoms with Crippen LogP contribution in [0.3, 0.4) is 0 Å². The van der Waals surface area contributed by atoms with Gasteiger partial charge < -0.3 is 9.47 Å². The van der Waals surface area contributed by atoms with Gasteiger partial charge in [-0.1, -0.05) is 6.07 Å². The van der Waals surface area contributed by atoms with Crippen LogP contribution in [0.1, 0.15) is 29.4 Å². The van der Waals surface area contributed by atoms with Crippen LogP contribution >= 0.6 is 11.3 Å². The van der Waals surface area contributed by atoms with Gasteiger partial charge in [-0.2, -0.15) is 0 Å². The van der Waals surface area contributed by atoms with Gasteiger partial charge in [0.15, 0.2) is 0 Å². The normalized spacial score (nSPS) is 20.2. The highest BCUT2D eigenvalue weighted by Crippen LogP contribution is 2.27. The van der Waals surface area contributed by atoms with E-state index in [9.17, 15) is 4.79 Å². The molecule has 0 radical (unpaired) electrons. The zero-order chi connectivity index (χ0) is 16.0. The zero-order valence-electron chi connectivity index (χ0n) is 13.5. The van der Waals surface area contributed by atoms with E-state index in [1.54, 1.807) is 11.3 Å². The lowest BCUT2D eigenvalue weighted by molar-refractivity contribution is -0.140. The third-order valence-electron chi connectivity index (χ3n) is 5.00. The highest BCUT2D eigenvalue weighted by molar-refractivity contribution is 7.10. The first-order valence-corrected chi connectivity index (χ1v) is 8.96. The summed E-state index contributed by atoms with van der Waals surface area (Å²) in [5.74, 6) is 2.27. The first-order chi connectivity index (χ1) is 11.1. The maximum absolute atomic E-state index is 12.5. The van der Waals surface area contributed by atoms with E-state index in [0.717, 1.165) is 49.2 Å². The van der Waals surface area contributed by atoms with Gasteiger partial charge in [-0.3, -0.25) is 9.69 Å². The van der Waals surface area contributed by atoms with Crippen molar-refractivity contribution >= 4 is 17.2 Å². The van der Waals surface area contributed by atoms with Gasteiger partial charge in [-0.05, 0) is 25.3 Å². The smallest absolute Gasteiger partial charge is 0.230 e. The number of rotatable bonds is 3. The number of hydrogen-bond acceptors (Lipinski definition) is 5. The number of nitrogens with zero attached hydrogens (tertiary/aromatic N) is 5. The van der Waals surface area contributed by atoms with Crippen molar-refractivity contribution in [3.8, 4) is 0 Å². The second-order valence-corrected chi connectivity index (χ2v) is 7.40. The van der Waals surface area contributed by atoms with Crippen LogP contribution in [0.5, 0.6) is 0 Å². The van der Waals surface area contributed by atoms with Crippen LogP contribution in [0, 0.1) is 6.92 Å². The average molecular weight is 331 g/mol. The third kappa shape index (κ3) is 2.57. The molecule has 6 nitrogen and oxygen atoms in total. The van der Waals surface area contributed by atoms with E-state index >= 15 is 0 Å². The topological polar surface area (TPSA) is 54.3 Å². The Morgan fingerprint density at radius 3 is 2.91 bits per heavy atom. The van der Waals surface area contributed by atoms with E-state index < -0.39 is 0 Å². The quantitative estimate of drug-likeness (QED) is 0.855. The molecule has 2 aromatic rings. The summed E-state index contributed by atoms with van der Waals surface area (Å²) in [5.41, 5.74) is 0. The summed E-state index contributed by atoms with van der Waals surface area (Å²) in [6, 6.07) is 4.51. The van der Waals surface area contributed by atoms with E-state index in [1.807, 2.05) is 36.3 Å². The molecule has 0 aromatic carbocycles. The fraction of sp³-hybridized carbons (Fsp3) is 0.562. The number of carbonyl (C=O) groups is 1. The van der Waals surface area contributed by atoms with E-state index in [0.29, 0.717) is 6.04 Å². The van der Waals surface area contributed by atoms with Crippen LogP contribution in [-0.2, 0) is 17.9 Å². The van der Waals surface area contributed by atoms with Gasteiger partial charge in [-0.25, -0.2) is 0 Å². The second-order valence-electron chi connectivity index (χ2n) is 6.42. The van der Waals surface area contributed by atoms with Gasteiger partial charge in [0.25, 0.3) is 0 Å². The van der Waals surface area contributed by atoms with Crippen molar-refractivity contribution in [3.05, 3.63) is 34.0 Å². The van der Waals surface area contributed by atoms with Gasteiger partial charge in [0.05, 0.1) is 12.5 Å². The van der Waals surface area contributed by atoms with Crippen molar-refractivity contribution in [1.82, 2.24) is 24.6 Å². The second kappa shape index (κ2) is 5.72. The molecule has 2 aliphatic rings. The van der Waals surface area contributed by atoms with Gasteiger partial charge in [-0.15, -0.1) is 21.5 Å². The Kier molecular flexibility index (Phi) is 3.69. The summed E-state index contributed by atoms with van der Waals surface area (Å²) in [6.45, 7) is 8.48. The molecular weight excluding hydrogens is 310 g/mol. The number of thiophene rings is 1. The lowest BCUT2D eigenvalue weighted by Gasteiger charge is -2.47. The van der Waals surface area contributed by atoms with Gasteiger partial charge in [0.2, 0.25) is 5.91 Å². The maximum atomic E-state index is 12.5. The molecule has 1 atom stereocenters. The molecule has 1 saturated heterocycles. The standard InChI is InChI=1S/C16H21N5OS/c1-11(14-4-3-7-23-14)16(22)20-8-13(9-20)19-5-6-21-12(2)17-18-15(21)10-19/h3-4,7,11,13H,5-6,8-10H2,1-2H3/t11-/m1/s1. The fourth-order valence-corrected chi connectivity index (χ4v) is 4.21. The lowest BCUT2D eigenvalue weighted by Crippen LogP contribution is -2.62. The number of carbonyl (C=O) groups excluding carboxylic acids is 1. The average Bonchev–Trinajstić information content (AvgIpc) is 3.15. The van der Waals surface area contributed by atoms with Crippen molar-refractivity contribution in [2.24, 2.45) is 0 Å². The van der Waals surface area contributed by atoms with Crippen molar-refractivity contribution in [2.75, 3.05) is 19.6 Å². The number of amides is 1. The number of hydrogen-bond donors (Lipinski definition) is 0. The molecule has 0 aliphatic carbocycles. The summed E-state index contributed by atoms with van der Waals surface area (Å²) in [6.07, 6.45) is 0. The molecule has 1 fully saturated rings. The van der Waals surface area contributed by atoms with Crippen LogP contribution in [-0.4, -0.2) is 56.1 Å². The SMILES string of the molecule is Cc1nnc2n1CCN(C1CN(C(=O)[C@H](C)c3cccs3)C1)C2. The Hall–Kier alpha value is -1.73. The molecule has 4 heterocycles. The molecule has 1 amide bonds. The van der Waals surface area contributed by atoms with E-state index in [1.165, 1.54) is 0 Å². The molecule has 0 N–H and O–H groups in total. The number of aryl methyl sites for hydroxylation is 1. The molecule has 0 saturated carbocycles. The molecule has 2 aromatic heterocycles. The summed E-state index contributed by atoms with van der Waals surface area (Å²) >= 11 is 1.66. The summed E-state index contributed by atoms with van der Waals surface area (Å²) in [4.78, 5) is 18.1. The number of likely N-dealkylation sites (tertiary alicyclic amines) is 1. The molecular formula is C16H21N5OS. The van der Waals surface area contributed by atoms with Crippen LogP contribution in [0.25, 0.3) is 0 Å². The Balaban J connectivity index is 1.34. The minimum atomic E-state index is -0.0249. The van der Waals surface area contributed by atoms with Crippen LogP contribution < -0.4 is 0 Å². The first kappa shape index (κ1) is 14.8. The minimum Gasteiger partial charge on any atom is -0.339 e. The van der Waals surface area contributed by atoms with Crippen molar-refractivity contribution in [2.45, 2.75) is 38.9 Å². The maximum Gasteiger partial charge on any atom is 0.230 e. The number of aromatic nitrogens is 3. The molecule has 122 valence electrons. The summed E-state index contributed by atoms with van der Waals surface area (Å²) in [5, 5.41) is 10.4. The van der Waals surface area contributed by atoms with Gasteiger partial charge >= 0.3 is 0 Å². The lowest BCUT2D eigenvalue weighted by atomic mass is 10.0. The highest BCUT2D eigenvalue weighted by Gasteiger charge is 2.38. The van der Waals surface area contributed by atoms with Crippen molar-refractivity contribution in [1.29, 1.82) is 0 Å². The summed E-state index contributed by atoms with van der Waals surface area (Å²) < 4.78 is 2.19. The van der Waals surface area contributed by atoms with E-state index in [2.05, 4.69) is 19.7 Å². The molecule has 23 heavy (non-hydrogen) atoms. The third-order valence-corrected chi connectivity index (χ3v) is 6.05. The zero-order valence-corrected chi connectivity index (χ0v) is 14.3. The van der Waals surface area contributed by atoms with Crippen LogP contribution in [0.2, 0.25) is 0 Å². The summed E-state index contributed by atoms with van der Waals surface area (Å²) in [7, 11) is 0. The predicted molar refractivity (Wildman–Crippen MR) is 88.3 cm³/mol. The van der Waals surface area contributed by atoms with E-state index in [-0.39, 0.29) is 11.8 Å². The first-order valence-electron chi connectivity index (χ1n) is 8.08. The van der Waals surface area contributed by atoms with Crippen LogP contribution in [0.4, 0.5) is 0 Å². The molecule has 2 aliphatic heterocycles. The largest absolute Gasteiger partial charge is 0.339 e. The predicted octanol–water partition coefficient (Wildman–Crippen LogP) is 1.48. The Morgan fingerprint density at radius 1 is 1.35 bits per heavy atom. The fourth-order valence-electron chi connectivity index (χ4n) is 3.43. The molecule has 0 unspecified atom stereocenters. The molecule has 7 heteroatoms. The minimum absolute atomic E-state index is 0.0249. The monoisotopic (exact) mass is 331 g/mol. The van der Waals surface area contributed by atoms with Crippen molar-refractivity contribution < 1.29 is 4.79 Å². The number of fused-ring (bicyclic) bond motifs is 1. The van der Waals surface area contributed by atoms with Crippen LogP contribution in [0.15, 0.2) is 17.5 Å². The van der Waals surface area contributed by atoms with Crippen molar-refractivity contribution in [3.63, 3.8) is 0 Å². The molecule has 0 bridgehead atoms. The molecule has 0 spiro atoms. The van der Waals surface area contributed by atoms with E-state index in [4.69, 9.17) is 0 Å². The Morgan fingerprint density at radius 2 is 2.17 bits per heavy atom. The van der Waals surface area contributed by atoms with Gasteiger partial charge in [0, 0.05) is 37.1 Å². The highest BCUT2D eigenvalue weighted by atomic mass is 32.1. The Labute approximate surface area is 139 Å². The Bertz CT molecular complexity index is 704.